The first kappa shape index (κ1) is 15.2. The molecule has 5 heteroatoms. The number of hydrogen-bond donors (Lipinski definition) is 1. The van der Waals surface area contributed by atoms with Crippen LogP contribution < -0.4 is 5.73 Å². The molecule has 0 aliphatic carbocycles. The number of carbonyl (C=O) groups is 2. The Morgan fingerprint density at radius 2 is 1.94 bits per heavy atom. The van der Waals surface area contributed by atoms with Gasteiger partial charge in [0.2, 0.25) is 0 Å². The summed E-state index contributed by atoms with van der Waals surface area (Å²) in [5, 5.41) is -0.783. The van der Waals surface area contributed by atoms with Gasteiger partial charge in [0.05, 0.1) is 0 Å². The number of unbranched alkanes of at least 4 members (excludes halogenated alkanes) is 2. The van der Waals surface area contributed by atoms with Gasteiger partial charge in [-0.1, -0.05) is 39.5 Å². The Labute approximate surface area is 101 Å². The number of primary amides is 1. The van der Waals surface area contributed by atoms with Crippen molar-refractivity contribution >= 4 is 23.7 Å². The number of hydrogen-bond acceptors (Lipinski definition) is 3. The van der Waals surface area contributed by atoms with Gasteiger partial charge in [-0.05, 0) is 12.3 Å². The molecular weight excluding hydrogens is 230 g/mol. The van der Waals surface area contributed by atoms with Crippen LogP contribution in [0.3, 0.4) is 0 Å². The Bertz CT molecular complexity index is 233. The van der Waals surface area contributed by atoms with Gasteiger partial charge in [0.15, 0.2) is 0 Å². The van der Waals surface area contributed by atoms with E-state index >= 15 is 0 Å². The number of halogens is 1. The SMILES string of the molecule is CCCCCC(CC)C(Cl)C(=O)OC(N)=O. The Balaban J connectivity index is 4.12. The molecule has 2 unspecified atom stereocenters. The average molecular weight is 250 g/mol. The van der Waals surface area contributed by atoms with Crippen LogP contribution in [0, 0.1) is 5.92 Å². The van der Waals surface area contributed by atoms with Gasteiger partial charge in [0.25, 0.3) is 0 Å². The number of carbonyl (C=O) groups excluding carboxylic acids is 2. The van der Waals surface area contributed by atoms with Crippen molar-refractivity contribution in [3.63, 3.8) is 0 Å². The number of amides is 1. The molecule has 0 aliphatic heterocycles. The second kappa shape index (κ2) is 8.39. The van der Waals surface area contributed by atoms with Crippen molar-refractivity contribution in [3.8, 4) is 0 Å². The third-order valence-corrected chi connectivity index (χ3v) is 3.08. The molecule has 2 N–H and O–H groups in total. The first-order chi connectivity index (χ1) is 7.52. The lowest BCUT2D eigenvalue weighted by Crippen LogP contribution is -2.30. The van der Waals surface area contributed by atoms with Gasteiger partial charge in [-0.2, -0.15) is 0 Å². The molecule has 0 aliphatic rings. The Morgan fingerprint density at radius 3 is 2.38 bits per heavy atom. The third kappa shape index (κ3) is 5.95. The summed E-state index contributed by atoms with van der Waals surface area (Å²) in [6.07, 6.45) is 3.82. The number of ether oxygens (including phenoxy) is 1. The summed E-state index contributed by atoms with van der Waals surface area (Å²) >= 11 is 5.94. The van der Waals surface area contributed by atoms with Crippen LogP contribution in [-0.2, 0) is 9.53 Å². The van der Waals surface area contributed by atoms with E-state index in [0.29, 0.717) is 0 Å². The first-order valence-corrected chi connectivity index (χ1v) is 6.11. The van der Waals surface area contributed by atoms with Crippen LogP contribution in [0.15, 0.2) is 0 Å². The van der Waals surface area contributed by atoms with Crippen LogP contribution in [0.25, 0.3) is 0 Å². The van der Waals surface area contributed by atoms with Gasteiger partial charge >= 0.3 is 12.1 Å². The molecule has 16 heavy (non-hydrogen) atoms. The molecule has 1 amide bonds. The van der Waals surface area contributed by atoms with E-state index in [9.17, 15) is 9.59 Å². The third-order valence-electron chi connectivity index (χ3n) is 2.54. The normalized spacial score (nSPS) is 14.2. The monoisotopic (exact) mass is 249 g/mol. The highest BCUT2D eigenvalue weighted by molar-refractivity contribution is 6.30. The van der Waals surface area contributed by atoms with Gasteiger partial charge in [-0.3, -0.25) is 0 Å². The highest BCUT2D eigenvalue weighted by Crippen LogP contribution is 2.22. The van der Waals surface area contributed by atoms with Crippen molar-refractivity contribution in [3.05, 3.63) is 0 Å². The van der Waals surface area contributed by atoms with Gasteiger partial charge in [0.1, 0.15) is 5.38 Å². The van der Waals surface area contributed by atoms with Crippen LogP contribution >= 0.6 is 11.6 Å². The molecule has 0 aromatic heterocycles. The fourth-order valence-corrected chi connectivity index (χ4v) is 1.91. The van der Waals surface area contributed by atoms with E-state index in [0.717, 1.165) is 32.1 Å². The molecule has 4 nitrogen and oxygen atoms in total. The van der Waals surface area contributed by atoms with Crippen LogP contribution in [-0.4, -0.2) is 17.4 Å². The molecule has 0 rings (SSSR count). The van der Waals surface area contributed by atoms with E-state index in [1.165, 1.54) is 0 Å². The minimum absolute atomic E-state index is 0.0417. The Hall–Kier alpha value is -0.770. The number of rotatable bonds is 7. The summed E-state index contributed by atoms with van der Waals surface area (Å²) < 4.78 is 4.27. The summed E-state index contributed by atoms with van der Waals surface area (Å²) in [6, 6.07) is 0. The lowest BCUT2D eigenvalue weighted by Gasteiger charge is -2.18. The molecule has 2 atom stereocenters. The van der Waals surface area contributed by atoms with Gasteiger partial charge < -0.3 is 10.5 Å². The van der Waals surface area contributed by atoms with Crippen molar-refractivity contribution in [1.29, 1.82) is 0 Å². The van der Waals surface area contributed by atoms with Crippen molar-refractivity contribution in [2.24, 2.45) is 11.7 Å². The van der Waals surface area contributed by atoms with Crippen LogP contribution in [0.1, 0.15) is 46.0 Å². The summed E-state index contributed by atoms with van der Waals surface area (Å²) in [5.74, 6) is -0.697. The zero-order chi connectivity index (χ0) is 12.6. The molecule has 0 saturated heterocycles. The van der Waals surface area contributed by atoms with E-state index in [2.05, 4.69) is 11.7 Å². The number of nitrogens with two attached hydrogens (primary N) is 1. The lowest BCUT2D eigenvalue weighted by atomic mass is 9.95. The van der Waals surface area contributed by atoms with E-state index in [-0.39, 0.29) is 5.92 Å². The van der Waals surface area contributed by atoms with Crippen LogP contribution in [0.4, 0.5) is 4.79 Å². The quantitative estimate of drug-likeness (QED) is 0.326. The van der Waals surface area contributed by atoms with Crippen molar-refractivity contribution < 1.29 is 14.3 Å². The molecule has 0 bridgehead atoms. The maximum Gasteiger partial charge on any atom is 0.412 e. The van der Waals surface area contributed by atoms with Crippen molar-refractivity contribution in [2.75, 3.05) is 0 Å². The smallest absolute Gasteiger partial charge is 0.375 e. The highest BCUT2D eigenvalue weighted by Gasteiger charge is 2.27. The fourth-order valence-electron chi connectivity index (χ4n) is 1.56. The maximum atomic E-state index is 11.3. The van der Waals surface area contributed by atoms with Crippen LogP contribution in [0.5, 0.6) is 0 Å². The Morgan fingerprint density at radius 1 is 1.31 bits per heavy atom. The molecule has 0 aromatic carbocycles. The molecule has 0 fully saturated rings. The zero-order valence-electron chi connectivity index (χ0n) is 9.87. The largest absolute Gasteiger partial charge is 0.412 e. The van der Waals surface area contributed by atoms with Crippen molar-refractivity contribution in [1.82, 2.24) is 0 Å². The molecule has 0 heterocycles. The zero-order valence-corrected chi connectivity index (χ0v) is 10.6. The standard InChI is InChI=1S/C11H20ClNO3/c1-3-5-6-7-8(4-2)9(12)10(14)16-11(13)15/h8-9H,3-7H2,1-2H3,(H2,13,15). The maximum absolute atomic E-state index is 11.3. The van der Waals surface area contributed by atoms with Crippen LogP contribution in [0.2, 0.25) is 0 Å². The van der Waals surface area contributed by atoms with Crippen molar-refractivity contribution in [2.45, 2.75) is 51.3 Å². The second-order valence-corrected chi connectivity index (χ2v) is 4.28. The van der Waals surface area contributed by atoms with Gasteiger partial charge in [0, 0.05) is 0 Å². The predicted octanol–water partition coefficient (Wildman–Crippen LogP) is 2.82. The summed E-state index contributed by atoms with van der Waals surface area (Å²) in [4.78, 5) is 21.7. The molecule has 0 saturated carbocycles. The van der Waals surface area contributed by atoms with Gasteiger partial charge in [-0.15, -0.1) is 11.6 Å². The molecule has 0 radical (unpaired) electrons. The van der Waals surface area contributed by atoms with E-state index in [1.807, 2.05) is 6.92 Å². The average Bonchev–Trinajstić information content (AvgIpc) is 2.22. The number of esters is 1. The van der Waals surface area contributed by atoms with E-state index in [4.69, 9.17) is 17.3 Å². The summed E-state index contributed by atoms with van der Waals surface area (Å²) in [5.41, 5.74) is 4.75. The predicted molar refractivity (Wildman–Crippen MR) is 63.2 cm³/mol. The molecule has 0 spiro atoms. The topological polar surface area (TPSA) is 69.4 Å². The minimum Gasteiger partial charge on any atom is -0.375 e. The fraction of sp³-hybridized carbons (Fsp3) is 0.818. The highest BCUT2D eigenvalue weighted by atomic mass is 35.5. The van der Waals surface area contributed by atoms with Gasteiger partial charge in [-0.25, -0.2) is 9.59 Å². The molecular formula is C11H20ClNO3. The van der Waals surface area contributed by atoms with E-state index in [1.54, 1.807) is 0 Å². The van der Waals surface area contributed by atoms with E-state index < -0.39 is 17.4 Å². The Kier molecular flexibility index (Phi) is 7.99. The second-order valence-electron chi connectivity index (χ2n) is 3.81. The summed E-state index contributed by atoms with van der Waals surface area (Å²) in [6.45, 7) is 4.07. The lowest BCUT2D eigenvalue weighted by molar-refractivity contribution is -0.137. The number of alkyl halides is 1. The minimum atomic E-state index is -1.10. The summed E-state index contributed by atoms with van der Waals surface area (Å²) in [7, 11) is 0. The molecule has 94 valence electrons. The molecule has 0 aromatic rings. The first-order valence-electron chi connectivity index (χ1n) is 5.68.